The quantitative estimate of drug-likeness (QED) is 0.912. The monoisotopic (exact) mass is 278 g/mol. The SMILES string of the molecule is CN(Cc1nccn1C)c1c(Cl)cccc1CCN. The third-order valence-corrected chi connectivity index (χ3v) is 3.47. The molecule has 2 rings (SSSR count). The van der Waals surface area contributed by atoms with Crippen LogP contribution in [0.3, 0.4) is 0 Å². The molecule has 102 valence electrons. The second-order valence-electron chi connectivity index (χ2n) is 4.60. The molecule has 0 aliphatic rings. The number of para-hydroxylation sites is 1. The van der Waals surface area contributed by atoms with Gasteiger partial charge in [-0.05, 0) is 24.6 Å². The van der Waals surface area contributed by atoms with E-state index in [0.29, 0.717) is 13.1 Å². The Morgan fingerprint density at radius 1 is 1.42 bits per heavy atom. The topological polar surface area (TPSA) is 47.1 Å². The van der Waals surface area contributed by atoms with Crippen LogP contribution in [0.2, 0.25) is 5.02 Å². The molecule has 0 amide bonds. The van der Waals surface area contributed by atoms with Crippen LogP contribution in [0, 0.1) is 0 Å². The summed E-state index contributed by atoms with van der Waals surface area (Å²) < 4.78 is 2.01. The van der Waals surface area contributed by atoms with Gasteiger partial charge in [0, 0.05) is 26.5 Å². The van der Waals surface area contributed by atoms with Crippen molar-refractivity contribution in [1.29, 1.82) is 0 Å². The average molecular weight is 279 g/mol. The predicted molar refractivity (Wildman–Crippen MR) is 79.5 cm³/mol. The smallest absolute Gasteiger partial charge is 0.127 e. The van der Waals surface area contributed by atoms with Gasteiger partial charge in [0.1, 0.15) is 5.82 Å². The van der Waals surface area contributed by atoms with E-state index in [1.165, 1.54) is 5.56 Å². The molecule has 0 saturated heterocycles. The highest BCUT2D eigenvalue weighted by Crippen LogP contribution is 2.30. The second-order valence-corrected chi connectivity index (χ2v) is 5.00. The zero-order valence-electron chi connectivity index (χ0n) is 11.3. The van der Waals surface area contributed by atoms with E-state index in [0.717, 1.165) is 23.0 Å². The van der Waals surface area contributed by atoms with Gasteiger partial charge in [-0.3, -0.25) is 0 Å². The lowest BCUT2D eigenvalue weighted by atomic mass is 10.1. The van der Waals surface area contributed by atoms with E-state index in [-0.39, 0.29) is 0 Å². The minimum atomic E-state index is 0.615. The summed E-state index contributed by atoms with van der Waals surface area (Å²) in [6, 6.07) is 5.94. The first-order valence-corrected chi connectivity index (χ1v) is 6.66. The number of aromatic nitrogens is 2. The van der Waals surface area contributed by atoms with Gasteiger partial charge < -0.3 is 15.2 Å². The largest absolute Gasteiger partial charge is 0.366 e. The molecule has 0 radical (unpaired) electrons. The molecule has 19 heavy (non-hydrogen) atoms. The molecule has 2 aromatic rings. The van der Waals surface area contributed by atoms with Gasteiger partial charge in [0.05, 0.1) is 17.3 Å². The minimum Gasteiger partial charge on any atom is -0.366 e. The number of rotatable bonds is 5. The van der Waals surface area contributed by atoms with E-state index in [9.17, 15) is 0 Å². The number of nitrogens with zero attached hydrogens (tertiary/aromatic N) is 3. The van der Waals surface area contributed by atoms with Crippen LogP contribution >= 0.6 is 11.6 Å². The third kappa shape index (κ3) is 3.08. The molecule has 1 heterocycles. The lowest BCUT2D eigenvalue weighted by Crippen LogP contribution is -2.21. The molecule has 0 aliphatic heterocycles. The Labute approximate surface area is 118 Å². The molecule has 1 aromatic heterocycles. The Morgan fingerprint density at radius 3 is 2.84 bits per heavy atom. The van der Waals surface area contributed by atoms with Crippen LogP contribution in [0.15, 0.2) is 30.6 Å². The van der Waals surface area contributed by atoms with Gasteiger partial charge in [-0.1, -0.05) is 23.7 Å². The van der Waals surface area contributed by atoms with Crippen LogP contribution in [-0.2, 0) is 20.0 Å². The van der Waals surface area contributed by atoms with Crippen molar-refractivity contribution in [2.45, 2.75) is 13.0 Å². The fourth-order valence-electron chi connectivity index (χ4n) is 2.18. The highest BCUT2D eigenvalue weighted by Gasteiger charge is 2.13. The molecule has 0 fully saturated rings. The summed E-state index contributed by atoms with van der Waals surface area (Å²) in [6.07, 6.45) is 4.56. The van der Waals surface area contributed by atoms with Crippen LogP contribution < -0.4 is 10.6 Å². The van der Waals surface area contributed by atoms with Gasteiger partial charge in [0.2, 0.25) is 0 Å². The molecule has 4 nitrogen and oxygen atoms in total. The molecule has 0 atom stereocenters. The molecule has 0 aliphatic carbocycles. The number of imidazole rings is 1. The fourth-order valence-corrected chi connectivity index (χ4v) is 2.52. The van der Waals surface area contributed by atoms with Gasteiger partial charge in [0.15, 0.2) is 0 Å². The van der Waals surface area contributed by atoms with E-state index < -0.39 is 0 Å². The molecule has 0 saturated carbocycles. The Bertz CT molecular complexity index is 550. The van der Waals surface area contributed by atoms with Crippen LogP contribution in [-0.4, -0.2) is 23.1 Å². The van der Waals surface area contributed by atoms with Crippen molar-refractivity contribution in [3.05, 3.63) is 47.0 Å². The molecular formula is C14H19ClN4. The number of nitrogens with two attached hydrogens (primary N) is 1. The van der Waals surface area contributed by atoms with Crippen molar-refractivity contribution in [3.63, 3.8) is 0 Å². The van der Waals surface area contributed by atoms with Crippen molar-refractivity contribution < 1.29 is 0 Å². The number of anilines is 1. The van der Waals surface area contributed by atoms with Crippen molar-refractivity contribution in [2.75, 3.05) is 18.5 Å². The normalized spacial score (nSPS) is 10.7. The Morgan fingerprint density at radius 2 is 2.21 bits per heavy atom. The van der Waals surface area contributed by atoms with Gasteiger partial charge in [-0.2, -0.15) is 0 Å². The second kappa shape index (κ2) is 6.08. The van der Waals surface area contributed by atoms with E-state index in [1.807, 2.05) is 37.0 Å². The summed E-state index contributed by atoms with van der Waals surface area (Å²) in [5.41, 5.74) is 7.87. The molecule has 1 aromatic carbocycles. The first kappa shape index (κ1) is 13.9. The molecule has 0 unspecified atom stereocenters. The zero-order valence-corrected chi connectivity index (χ0v) is 12.1. The first-order chi connectivity index (χ1) is 9.13. The molecule has 0 bridgehead atoms. The van der Waals surface area contributed by atoms with Crippen molar-refractivity contribution >= 4 is 17.3 Å². The van der Waals surface area contributed by atoms with E-state index in [2.05, 4.69) is 16.0 Å². The highest BCUT2D eigenvalue weighted by molar-refractivity contribution is 6.33. The number of benzene rings is 1. The van der Waals surface area contributed by atoms with Crippen molar-refractivity contribution in [3.8, 4) is 0 Å². The van der Waals surface area contributed by atoms with Crippen LogP contribution in [0.25, 0.3) is 0 Å². The van der Waals surface area contributed by atoms with Crippen molar-refractivity contribution in [1.82, 2.24) is 9.55 Å². The minimum absolute atomic E-state index is 0.615. The molecule has 2 N–H and O–H groups in total. The van der Waals surface area contributed by atoms with Crippen LogP contribution in [0.4, 0.5) is 5.69 Å². The van der Waals surface area contributed by atoms with E-state index in [1.54, 1.807) is 6.20 Å². The summed E-state index contributed by atoms with van der Waals surface area (Å²) in [7, 11) is 4.01. The fraction of sp³-hybridized carbons (Fsp3) is 0.357. The van der Waals surface area contributed by atoms with Gasteiger partial charge >= 0.3 is 0 Å². The van der Waals surface area contributed by atoms with Crippen molar-refractivity contribution in [2.24, 2.45) is 12.8 Å². The predicted octanol–water partition coefficient (Wildman–Crippen LogP) is 2.21. The number of hydrogen-bond acceptors (Lipinski definition) is 3. The Hall–Kier alpha value is -1.52. The number of hydrogen-bond donors (Lipinski definition) is 1. The maximum atomic E-state index is 6.33. The van der Waals surface area contributed by atoms with Crippen LogP contribution in [0.5, 0.6) is 0 Å². The highest BCUT2D eigenvalue weighted by atomic mass is 35.5. The number of aryl methyl sites for hydroxylation is 1. The molecular weight excluding hydrogens is 260 g/mol. The van der Waals surface area contributed by atoms with Gasteiger partial charge in [-0.25, -0.2) is 4.98 Å². The van der Waals surface area contributed by atoms with E-state index >= 15 is 0 Å². The summed E-state index contributed by atoms with van der Waals surface area (Å²) >= 11 is 6.33. The summed E-state index contributed by atoms with van der Waals surface area (Å²) in [6.45, 7) is 1.33. The first-order valence-electron chi connectivity index (χ1n) is 6.28. The number of halogens is 1. The zero-order chi connectivity index (χ0) is 13.8. The lowest BCUT2D eigenvalue weighted by molar-refractivity contribution is 0.758. The third-order valence-electron chi connectivity index (χ3n) is 3.17. The molecule has 5 heteroatoms. The summed E-state index contributed by atoms with van der Waals surface area (Å²) in [5, 5.41) is 0.752. The average Bonchev–Trinajstić information content (AvgIpc) is 2.75. The maximum absolute atomic E-state index is 6.33. The maximum Gasteiger partial charge on any atom is 0.127 e. The standard InChI is InChI=1S/C14H19ClN4/c1-18-9-8-17-13(18)10-19(2)14-11(6-7-16)4-3-5-12(14)15/h3-5,8-9H,6-7,10,16H2,1-2H3. The van der Waals surface area contributed by atoms with Gasteiger partial charge in [-0.15, -0.1) is 0 Å². The summed E-state index contributed by atoms with van der Waals surface area (Å²) in [5.74, 6) is 1.00. The lowest BCUT2D eigenvalue weighted by Gasteiger charge is -2.23. The Kier molecular flexibility index (Phi) is 4.45. The van der Waals surface area contributed by atoms with Gasteiger partial charge in [0.25, 0.3) is 0 Å². The van der Waals surface area contributed by atoms with Crippen LogP contribution in [0.1, 0.15) is 11.4 Å². The molecule has 0 spiro atoms. The van der Waals surface area contributed by atoms with E-state index in [4.69, 9.17) is 17.3 Å². The Balaban J connectivity index is 2.27. The summed E-state index contributed by atoms with van der Waals surface area (Å²) in [4.78, 5) is 6.46.